The van der Waals surface area contributed by atoms with E-state index in [-0.39, 0.29) is 11.5 Å². The molecule has 0 bridgehead atoms. The number of rotatable bonds is 8. The molecule has 1 saturated heterocycles. The average molecular weight is 397 g/mol. The fraction of sp³-hybridized carbons (Fsp3) is 0.632. The number of hydrogen-bond acceptors (Lipinski definition) is 5. The Morgan fingerprint density at radius 3 is 2.63 bits per heavy atom. The minimum Gasteiger partial charge on any atom is -0.494 e. The number of nitrogens with one attached hydrogen (secondary N) is 2. The van der Waals surface area contributed by atoms with Crippen molar-refractivity contribution in [2.24, 2.45) is 4.99 Å². The van der Waals surface area contributed by atoms with E-state index in [4.69, 9.17) is 4.74 Å². The van der Waals surface area contributed by atoms with Gasteiger partial charge in [-0.25, -0.2) is 13.4 Å². The number of aliphatic imine (C=N–C) groups is 1. The zero-order chi connectivity index (χ0) is 19.7. The van der Waals surface area contributed by atoms with Crippen LogP contribution in [0.4, 0.5) is 0 Å². The fourth-order valence-corrected chi connectivity index (χ4v) is 4.17. The largest absolute Gasteiger partial charge is 0.494 e. The van der Waals surface area contributed by atoms with E-state index in [0.717, 1.165) is 36.9 Å². The molecule has 0 saturated carbocycles. The van der Waals surface area contributed by atoms with Gasteiger partial charge in [0.2, 0.25) is 0 Å². The first kappa shape index (κ1) is 21.5. The molecular weight excluding hydrogens is 364 g/mol. The SMILES string of the molecule is CCNC(=NCc1ccc(C)cc1OCC)NCCN1CCS(=O)(=O)CC1. The van der Waals surface area contributed by atoms with Gasteiger partial charge in [0, 0.05) is 38.3 Å². The summed E-state index contributed by atoms with van der Waals surface area (Å²) in [6, 6.07) is 6.17. The predicted octanol–water partition coefficient (Wildman–Crippen LogP) is 1.18. The Hall–Kier alpha value is -1.80. The number of aryl methyl sites for hydroxylation is 1. The molecule has 1 aromatic rings. The summed E-state index contributed by atoms with van der Waals surface area (Å²) in [5.74, 6) is 2.15. The van der Waals surface area contributed by atoms with Gasteiger partial charge in [0.1, 0.15) is 5.75 Å². The van der Waals surface area contributed by atoms with Crippen LogP contribution in [0.15, 0.2) is 23.2 Å². The molecule has 0 spiro atoms. The Morgan fingerprint density at radius 2 is 1.96 bits per heavy atom. The van der Waals surface area contributed by atoms with Crippen molar-refractivity contribution in [3.8, 4) is 5.75 Å². The Morgan fingerprint density at radius 1 is 1.22 bits per heavy atom. The van der Waals surface area contributed by atoms with Gasteiger partial charge in [-0.2, -0.15) is 0 Å². The van der Waals surface area contributed by atoms with Crippen LogP contribution in [0.3, 0.4) is 0 Å². The third kappa shape index (κ3) is 7.38. The summed E-state index contributed by atoms with van der Waals surface area (Å²) in [6.45, 7) is 10.7. The Kier molecular flexibility index (Phi) is 8.37. The van der Waals surface area contributed by atoms with Crippen LogP contribution < -0.4 is 15.4 Å². The van der Waals surface area contributed by atoms with Crippen molar-refractivity contribution >= 4 is 15.8 Å². The van der Waals surface area contributed by atoms with E-state index in [2.05, 4.69) is 32.7 Å². The van der Waals surface area contributed by atoms with E-state index in [0.29, 0.717) is 26.2 Å². The molecule has 0 aromatic heterocycles. The molecule has 0 radical (unpaired) electrons. The molecule has 0 atom stereocenters. The molecule has 0 aliphatic carbocycles. The molecule has 1 aliphatic rings. The zero-order valence-electron chi connectivity index (χ0n) is 16.6. The van der Waals surface area contributed by atoms with E-state index in [9.17, 15) is 8.42 Å². The van der Waals surface area contributed by atoms with Gasteiger partial charge < -0.3 is 15.4 Å². The number of benzene rings is 1. The van der Waals surface area contributed by atoms with E-state index >= 15 is 0 Å². The van der Waals surface area contributed by atoms with Gasteiger partial charge in [0.15, 0.2) is 15.8 Å². The molecular formula is C19H32N4O3S. The molecule has 7 nitrogen and oxygen atoms in total. The summed E-state index contributed by atoms with van der Waals surface area (Å²) in [5, 5.41) is 6.58. The highest BCUT2D eigenvalue weighted by Crippen LogP contribution is 2.21. The smallest absolute Gasteiger partial charge is 0.191 e. The lowest BCUT2D eigenvalue weighted by Gasteiger charge is -2.26. The molecule has 0 amide bonds. The maximum atomic E-state index is 11.5. The second-order valence-corrected chi connectivity index (χ2v) is 8.96. The van der Waals surface area contributed by atoms with Gasteiger partial charge in [-0.1, -0.05) is 12.1 Å². The molecule has 1 heterocycles. The van der Waals surface area contributed by atoms with Gasteiger partial charge in [0.25, 0.3) is 0 Å². The van der Waals surface area contributed by atoms with Crippen LogP contribution in [0.25, 0.3) is 0 Å². The van der Waals surface area contributed by atoms with Crippen LogP contribution in [0.2, 0.25) is 0 Å². The molecule has 1 fully saturated rings. The number of ether oxygens (including phenoxy) is 1. The van der Waals surface area contributed by atoms with E-state index in [1.54, 1.807) is 0 Å². The predicted molar refractivity (Wildman–Crippen MR) is 110 cm³/mol. The van der Waals surface area contributed by atoms with Crippen molar-refractivity contribution in [1.82, 2.24) is 15.5 Å². The van der Waals surface area contributed by atoms with Gasteiger partial charge >= 0.3 is 0 Å². The lowest BCUT2D eigenvalue weighted by molar-refractivity contribution is 0.299. The van der Waals surface area contributed by atoms with Crippen LogP contribution in [0, 0.1) is 6.92 Å². The lowest BCUT2D eigenvalue weighted by atomic mass is 10.1. The summed E-state index contributed by atoms with van der Waals surface area (Å²) in [4.78, 5) is 6.83. The quantitative estimate of drug-likeness (QED) is 0.507. The summed E-state index contributed by atoms with van der Waals surface area (Å²) in [7, 11) is -2.83. The van der Waals surface area contributed by atoms with Crippen LogP contribution in [-0.4, -0.2) is 70.1 Å². The number of hydrogen-bond donors (Lipinski definition) is 2. The van der Waals surface area contributed by atoms with Crippen LogP contribution in [-0.2, 0) is 16.4 Å². The van der Waals surface area contributed by atoms with E-state index < -0.39 is 9.84 Å². The highest BCUT2D eigenvalue weighted by atomic mass is 32.2. The molecule has 8 heteroatoms. The zero-order valence-corrected chi connectivity index (χ0v) is 17.4. The number of sulfone groups is 1. The summed E-state index contributed by atoms with van der Waals surface area (Å²) < 4.78 is 28.7. The average Bonchev–Trinajstić information content (AvgIpc) is 2.62. The van der Waals surface area contributed by atoms with Crippen molar-refractivity contribution in [2.45, 2.75) is 27.3 Å². The van der Waals surface area contributed by atoms with Crippen LogP contribution in [0.5, 0.6) is 5.75 Å². The standard InChI is InChI=1S/C19H32N4O3S/c1-4-20-19(21-8-9-23-10-12-27(24,25)13-11-23)22-15-17-7-6-16(3)14-18(17)26-5-2/h6-7,14H,4-5,8-13,15H2,1-3H3,(H2,20,21,22). The molecule has 1 aliphatic heterocycles. The van der Waals surface area contributed by atoms with Gasteiger partial charge in [-0.05, 0) is 32.4 Å². The van der Waals surface area contributed by atoms with Gasteiger partial charge in [0.05, 0.1) is 24.7 Å². The monoisotopic (exact) mass is 396 g/mol. The first-order chi connectivity index (χ1) is 12.9. The molecule has 152 valence electrons. The molecule has 2 rings (SSSR count). The number of nitrogens with zero attached hydrogens (tertiary/aromatic N) is 2. The van der Waals surface area contributed by atoms with E-state index in [1.807, 2.05) is 26.8 Å². The van der Waals surface area contributed by atoms with Crippen molar-refractivity contribution in [3.63, 3.8) is 0 Å². The Balaban J connectivity index is 1.89. The third-order valence-electron chi connectivity index (χ3n) is 4.43. The van der Waals surface area contributed by atoms with Crippen molar-refractivity contribution < 1.29 is 13.2 Å². The Bertz CT molecular complexity index is 720. The maximum Gasteiger partial charge on any atom is 0.191 e. The Labute approximate surface area is 163 Å². The maximum absolute atomic E-state index is 11.5. The molecule has 2 N–H and O–H groups in total. The third-order valence-corrected chi connectivity index (χ3v) is 6.04. The highest BCUT2D eigenvalue weighted by molar-refractivity contribution is 7.91. The van der Waals surface area contributed by atoms with Gasteiger partial charge in [-0.15, -0.1) is 0 Å². The minimum atomic E-state index is -2.83. The molecule has 0 unspecified atom stereocenters. The van der Waals surface area contributed by atoms with Crippen molar-refractivity contribution in [3.05, 3.63) is 29.3 Å². The van der Waals surface area contributed by atoms with Crippen molar-refractivity contribution in [2.75, 3.05) is 50.8 Å². The van der Waals surface area contributed by atoms with Crippen molar-refractivity contribution in [1.29, 1.82) is 0 Å². The topological polar surface area (TPSA) is 83.0 Å². The summed E-state index contributed by atoms with van der Waals surface area (Å²) in [5.41, 5.74) is 2.22. The summed E-state index contributed by atoms with van der Waals surface area (Å²) >= 11 is 0. The first-order valence-electron chi connectivity index (χ1n) is 9.60. The van der Waals surface area contributed by atoms with Gasteiger partial charge in [-0.3, -0.25) is 4.90 Å². The highest BCUT2D eigenvalue weighted by Gasteiger charge is 2.20. The second-order valence-electron chi connectivity index (χ2n) is 6.66. The second kappa shape index (κ2) is 10.5. The molecule has 1 aromatic carbocycles. The van der Waals surface area contributed by atoms with E-state index in [1.165, 1.54) is 5.56 Å². The lowest BCUT2D eigenvalue weighted by Crippen LogP contribution is -2.45. The normalized spacial score (nSPS) is 17.5. The summed E-state index contributed by atoms with van der Waals surface area (Å²) in [6.07, 6.45) is 0. The first-order valence-corrected chi connectivity index (χ1v) is 11.4. The minimum absolute atomic E-state index is 0.259. The fourth-order valence-electron chi connectivity index (χ4n) is 2.89. The van der Waals surface area contributed by atoms with Crippen LogP contribution in [0.1, 0.15) is 25.0 Å². The molecule has 27 heavy (non-hydrogen) atoms. The van der Waals surface area contributed by atoms with Crippen LogP contribution >= 0.6 is 0 Å². The number of guanidine groups is 1.